The summed E-state index contributed by atoms with van der Waals surface area (Å²) < 4.78 is 12.6. The van der Waals surface area contributed by atoms with Gasteiger partial charge < -0.3 is 19.8 Å². The molecule has 1 aromatic heterocycles. The number of hydrogen-bond donors (Lipinski definition) is 1. The second kappa shape index (κ2) is 7.19. The van der Waals surface area contributed by atoms with Crippen LogP contribution >= 0.6 is 0 Å². The van der Waals surface area contributed by atoms with Crippen LogP contribution in [-0.2, 0) is 16.1 Å². The van der Waals surface area contributed by atoms with Gasteiger partial charge in [0.25, 0.3) is 0 Å². The third-order valence-electron chi connectivity index (χ3n) is 3.98. The normalized spacial score (nSPS) is 12.1. The van der Waals surface area contributed by atoms with Crippen molar-refractivity contribution in [3.05, 3.63) is 66.4 Å². The minimum absolute atomic E-state index is 0.455. The molecule has 0 unspecified atom stereocenters. The standard InChI is InChI=1S/C19H20N2O3/c1-23-19(22)18(20)15-6-8-16(9-7-15)24-13-12-21-11-10-14-4-2-3-5-17(14)21/h2-11,18H,12-13,20H2,1H3/t18-/m0/s1. The van der Waals surface area contributed by atoms with Crippen LogP contribution < -0.4 is 10.5 Å². The Morgan fingerprint density at radius 1 is 1.12 bits per heavy atom. The first kappa shape index (κ1) is 16.1. The summed E-state index contributed by atoms with van der Waals surface area (Å²) in [6.45, 7) is 1.32. The maximum Gasteiger partial charge on any atom is 0.327 e. The third-order valence-corrected chi connectivity index (χ3v) is 3.98. The molecule has 0 aliphatic heterocycles. The van der Waals surface area contributed by atoms with Crippen molar-refractivity contribution in [3.8, 4) is 5.75 Å². The number of fused-ring (bicyclic) bond motifs is 1. The quantitative estimate of drug-likeness (QED) is 0.708. The van der Waals surface area contributed by atoms with Crippen LogP contribution in [-0.4, -0.2) is 24.3 Å². The summed E-state index contributed by atoms with van der Waals surface area (Å²) in [5, 5.41) is 1.22. The van der Waals surface area contributed by atoms with Gasteiger partial charge in [-0.05, 0) is 35.2 Å². The molecule has 3 aromatic rings. The SMILES string of the molecule is COC(=O)[C@@H](N)c1ccc(OCCn2ccc3ccccc32)cc1. The zero-order valence-electron chi connectivity index (χ0n) is 13.5. The van der Waals surface area contributed by atoms with E-state index in [4.69, 9.17) is 10.5 Å². The van der Waals surface area contributed by atoms with Gasteiger partial charge in [-0.3, -0.25) is 4.79 Å². The summed E-state index contributed by atoms with van der Waals surface area (Å²) >= 11 is 0. The number of para-hydroxylation sites is 1. The van der Waals surface area contributed by atoms with Gasteiger partial charge in [0.15, 0.2) is 0 Å². The molecule has 1 atom stereocenters. The second-order valence-electron chi connectivity index (χ2n) is 5.49. The molecule has 0 amide bonds. The predicted molar refractivity (Wildman–Crippen MR) is 92.8 cm³/mol. The van der Waals surface area contributed by atoms with E-state index < -0.39 is 12.0 Å². The number of rotatable bonds is 6. The Labute approximate surface area is 140 Å². The van der Waals surface area contributed by atoms with Crippen LogP contribution in [0.15, 0.2) is 60.8 Å². The van der Waals surface area contributed by atoms with Crippen molar-refractivity contribution >= 4 is 16.9 Å². The minimum atomic E-state index is -0.768. The molecule has 0 spiro atoms. The molecule has 0 bridgehead atoms. The van der Waals surface area contributed by atoms with Gasteiger partial charge >= 0.3 is 5.97 Å². The van der Waals surface area contributed by atoms with Gasteiger partial charge in [0.2, 0.25) is 0 Å². The van der Waals surface area contributed by atoms with Gasteiger partial charge in [-0.15, -0.1) is 0 Å². The van der Waals surface area contributed by atoms with E-state index >= 15 is 0 Å². The van der Waals surface area contributed by atoms with Crippen molar-refractivity contribution in [1.29, 1.82) is 0 Å². The van der Waals surface area contributed by atoms with E-state index in [1.807, 2.05) is 24.3 Å². The highest BCUT2D eigenvalue weighted by atomic mass is 16.5. The Morgan fingerprint density at radius 2 is 1.88 bits per heavy atom. The van der Waals surface area contributed by atoms with Crippen molar-refractivity contribution in [2.75, 3.05) is 13.7 Å². The third kappa shape index (κ3) is 3.41. The van der Waals surface area contributed by atoms with E-state index in [2.05, 4.69) is 33.7 Å². The maximum absolute atomic E-state index is 11.4. The Morgan fingerprint density at radius 3 is 2.62 bits per heavy atom. The molecule has 2 aromatic carbocycles. The number of nitrogens with two attached hydrogens (primary N) is 1. The summed E-state index contributed by atoms with van der Waals surface area (Å²) in [7, 11) is 1.32. The van der Waals surface area contributed by atoms with Crippen LogP contribution in [0.5, 0.6) is 5.75 Å². The molecule has 3 rings (SSSR count). The van der Waals surface area contributed by atoms with E-state index in [9.17, 15) is 4.79 Å². The lowest BCUT2D eigenvalue weighted by molar-refractivity contribution is -0.142. The van der Waals surface area contributed by atoms with Gasteiger partial charge in [0.05, 0.1) is 13.7 Å². The second-order valence-corrected chi connectivity index (χ2v) is 5.49. The van der Waals surface area contributed by atoms with E-state index in [1.165, 1.54) is 18.0 Å². The first-order valence-corrected chi connectivity index (χ1v) is 7.79. The van der Waals surface area contributed by atoms with Crippen LogP contribution in [0.2, 0.25) is 0 Å². The molecule has 5 heteroatoms. The Bertz CT molecular complexity index is 824. The molecule has 0 fully saturated rings. The zero-order chi connectivity index (χ0) is 16.9. The lowest BCUT2D eigenvalue weighted by Crippen LogP contribution is -2.22. The lowest BCUT2D eigenvalue weighted by atomic mass is 10.1. The number of hydrogen-bond acceptors (Lipinski definition) is 4. The molecule has 1 heterocycles. The van der Waals surface area contributed by atoms with Crippen molar-refractivity contribution in [2.24, 2.45) is 5.73 Å². The Kier molecular flexibility index (Phi) is 4.82. The van der Waals surface area contributed by atoms with Crippen LogP contribution in [0.3, 0.4) is 0 Å². The summed E-state index contributed by atoms with van der Waals surface area (Å²) in [5.41, 5.74) is 7.69. The molecule has 0 saturated heterocycles. The maximum atomic E-state index is 11.4. The van der Waals surface area contributed by atoms with E-state index in [0.717, 1.165) is 12.3 Å². The monoisotopic (exact) mass is 324 g/mol. The minimum Gasteiger partial charge on any atom is -0.492 e. The fraction of sp³-hybridized carbons (Fsp3) is 0.211. The van der Waals surface area contributed by atoms with Crippen molar-refractivity contribution in [3.63, 3.8) is 0 Å². The van der Waals surface area contributed by atoms with Crippen molar-refractivity contribution in [2.45, 2.75) is 12.6 Å². The molecule has 2 N–H and O–H groups in total. The molecular weight excluding hydrogens is 304 g/mol. The Balaban J connectivity index is 1.58. The molecule has 5 nitrogen and oxygen atoms in total. The highest BCUT2D eigenvalue weighted by Crippen LogP contribution is 2.18. The summed E-state index contributed by atoms with van der Waals surface area (Å²) in [6, 6.07) is 16.8. The Hall–Kier alpha value is -2.79. The molecule has 24 heavy (non-hydrogen) atoms. The average Bonchev–Trinajstić information content (AvgIpc) is 3.04. The molecule has 124 valence electrons. The molecule has 0 saturated carbocycles. The van der Waals surface area contributed by atoms with Crippen molar-refractivity contribution < 1.29 is 14.3 Å². The first-order valence-electron chi connectivity index (χ1n) is 7.79. The number of carbonyl (C=O) groups is 1. The number of ether oxygens (including phenoxy) is 2. The number of esters is 1. The van der Waals surface area contributed by atoms with Gasteiger partial charge in [-0.1, -0.05) is 30.3 Å². The van der Waals surface area contributed by atoms with Crippen LogP contribution in [0.25, 0.3) is 10.9 Å². The smallest absolute Gasteiger partial charge is 0.327 e. The molecule has 0 radical (unpaired) electrons. The topological polar surface area (TPSA) is 66.5 Å². The number of aromatic nitrogens is 1. The number of nitrogens with zero attached hydrogens (tertiary/aromatic N) is 1. The fourth-order valence-electron chi connectivity index (χ4n) is 2.63. The summed E-state index contributed by atoms with van der Waals surface area (Å²) in [6.07, 6.45) is 2.06. The molecular formula is C19H20N2O3. The molecule has 0 aliphatic carbocycles. The first-order chi connectivity index (χ1) is 11.7. The van der Waals surface area contributed by atoms with Crippen LogP contribution in [0, 0.1) is 0 Å². The average molecular weight is 324 g/mol. The number of benzene rings is 2. The number of carbonyl (C=O) groups excluding carboxylic acids is 1. The van der Waals surface area contributed by atoms with E-state index in [1.54, 1.807) is 12.1 Å². The predicted octanol–water partition coefficient (Wildman–Crippen LogP) is 2.89. The molecule has 0 aliphatic rings. The van der Waals surface area contributed by atoms with Crippen LogP contribution in [0.4, 0.5) is 0 Å². The van der Waals surface area contributed by atoms with Gasteiger partial charge in [-0.2, -0.15) is 0 Å². The highest BCUT2D eigenvalue weighted by Gasteiger charge is 2.15. The van der Waals surface area contributed by atoms with Crippen LogP contribution in [0.1, 0.15) is 11.6 Å². The number of methoxy groups -OCH3 is 1. The largest absolute Gasteiger partial charge is 0.492 e. The van der Waals surface area contributed by atoms with E-state index in [-0.39, 0.29) is 0 Å². The fourth-order valence-corrected chi connectivity index (χ4v) is 2.63. The van der Waals surface area contributed by atoms with Gasteiger partial charge in [-0.25, -0.2) is 0 Å². The van der Waals surface area contributed by atoms with Gasteiger partial charge in [0.1, 0.15) is 18.4 Å². The summed E-state index contributed by atoms with van der Waals surface area (Å²) in [5.74, 6) is 0.287. The van der Waals surface area contributed by atoms with Crippen molar-refractivity contribution in [1.82, 2.24) is 4.57 Å². The zero-order valence-corrected chi connectivity index (χ0v) is 13.5. The lowest BCUT2D eigenvalue weighted by Gasteiger charge is -2.11. The van der Waals surface area contributed by atoms with Gasteiger partial charge in [0, 0.05) is 11.7 Å². The van der Waals surface area contributed by atoms with E-state index in [0.29, 0.717) is 12.2 Å². The highest BCUT2D eigenvalue weighted by molar-refractivity contribution is 5.79. The summed E-state index contributed by atoms with van der Waals surface area (Å²) in [4.78, 5) is 11.4.